The SMILES string of the molecule is COC(=O)c1cc(S(=O)(=O)N(C)Cc2ccccc2Cl)ccc1Cl. The molecule has 128 valence electrons. The van der Waals surface area contributed by atoms with Crippen molar-refractivity contribution in [2.45, 2.75) is 11.4 Å². The van der Waals surface area contributed by atoms with E-state index in [9.17, 15) is 13.2 Å². The smallest absolute Gasteiger partial charge is 0.339 e. The summed E-state index contributed by atoms with van der Waals surface area (Å²) in [5, 5.41) is 0.598. The maximum atomic E-state index is 12.7. The van der Waals surface area contributed by atoms with Crippen molar-refractivity contribution in [1.29, 1.82) is 0 Å². The van der Waals surface area contributed by atoms with E-state index in [0.29, 0.717) is 10.6 Å². The fourth-order valence-electron chi connectivity index (χ4n) is 2.06. The van der Waals surface area contributed by atoms with E-state index in [2.05, 4.69) is 4.74 Å². The van der Waals surface area contributed by atoms with Crippen LogP contribution in [0.15, 0.2) is 47.4 Å². The quantitative estimate of drug-likeness (QED) is 0.735. The Labute approximate surface area is 150 Å². The van der Waals surface area contributed by atoms with Crippen LogP contribution in [0.3, 0.4) is 0 Å². The van der Waals surface area contributed by atoms with E-state index in [1.54, 1.807) is 24.3 Å². The van der Waals surface area contributed by atoms with Crippen LogP contribution in [-0.4, -0.2) is 32.8 Å². The molecule has 0 fully saturated rings. The number of halogens is 2. The Bertz CT molecular complexity index is 868. The number of hydrogen-bond acceptors (Lipinski definition) is 4. The third-order valence-corrected chi connectivity index (χ3v) is 5.90. The molecule has 0 aliphatic carbocycles. The van der Waals surface area contributed by atoms with Gasteiger partial charge >= 0.3 is 5.97 Å². The summed E-state index contributed by atoms with van der Waals surface area (Å²) >= 11 is 12.0. The van der Waals surface area contributed by atoms with Gasteiger partial charge in [0.15, 0.2) is 0 Å². The molecule has 0 saturated heterocycles. The first kappa shape index (κ1) is 18.7. The molecule has 0 heterocycles. The van der Waals surface area contributed by atoms with Gasteiger partial charge in [0.25, 0.3) is 0 Å². The van der Waals surface area contributed by atoms with Crippen LogP contribution >= 0.6 is 23.2 Å². The summed E-state index contributed by atoms with van der Waals surface area (Å²) in [5.74, 6) is -0.703. The van der Waals surface area contributed by atoms with Gasteiger partial charge < -0.3 is 4.74 Å². The van der Waals surface area contributed by atoms with Crippen LogP contribution in [0, 0.1) is 0 Å². The molecule has 0 aromatic heterocycles. The number of benzene rings is 2. The van der Waals surface area contributed by atoms with Crippen LogP contribution in [0.1, 0.15) is 15.9 Å². The number of esters is 1. The number of carbonyl (C=O) groups is 1. The molecule has 0 aliphatic rings. The van der Waals surface area contributed by atoms with Gasteiger partial charge in [0.1, 0.15) is 0 Å². The summed E-state index contributed by atoms with van der Waals surface area (Å²) in [7, 11) is -1.19. The maximum Gasteiger partial charge on any atom is 0.339 e. The summed E-state index contributed by atoms with van der Waals surface area (Å²) in [6.07, 6.45) is 0. The number of hydrogen-bond donors (Lipinski definition) is 0. The average Bonchev–Trinajstić information content (AvgIpc) is 2.56. The lowest BCUT2D eigenvalue weighted by atomic mass is 10.2. The molecule has 0 bridgehead atoms. The zero-order valence-corrected chi connectivity index (χ0v) is 15.3. The summed E-state index contributed by atoms with van der Waals surface area (Å²) in [4.78, 5) is 11.6. The molecule has 0 N–H and O–H groups in total. The highest BCUT2D eigenvalue weighted by atomic mass is 35.5. The van der Waals surface area contributed by atoms with Crippen LogP contribution < -0.4 is 0 Å². The molecule has 0 unspecified atom stereocenters. The highest BCUT2D eigenvalue weighted by Gasteiger charge is 2.24. The predicted octanol–water partition coefficient (Wildman–Crippen LogP) is 3.60. The van der Waals surface area contributed by atoms with Crippen LogP contribution in [0.5, 0.6) is 0 Å². The second kappa shape index (κ2) is 7.53. The molecule has 0 radical (unpaired) electrons. The third kappa shape index (κ3) is 3.89. The standard InChI is InChI=1S/C16H15Cl2NO4S/c1-19(10-11-5-3-4-6-14(11)17)24(21,22)12-7-8-15(18)13(9-12)16(20)23-2/h3-9H,10H2,1-2H3. The number of methoxy groups -OCH3 is 1. The van der Waals surface area contributed by atoms with E-state index in [0.717, 1.165) is 4.31 Å². The zero-order chi connectivity index (χ0) is 17.9. The van der Waals surface area contributed by atoms with Crippen molar-refractivity contribution in [3.8, 4) is 0 Å². The average molecular weight is 388 g/mol. The van der Waals surface area contributed by atoms with Gasteiger partial charge in [0, 0.05) is 18.6 Å². The van der Waals surface area contributed by atoms with Crippen LogP contribution in [0.4, 0.5) is 0 Å². The summed E-state index contributed by atoms with van der Waals surface area (Å²) in [6, 6.07) is 10.9. The van der Waals surface area contributed by atoms with Gasteiger partial charge in [-0.25, -0.2) is 13.2 Å². The Balaban J connectivity index is 2.36. The largest absolute Gasteiger partial charge is 0.465 e. The molecule has 0 atom stereocenters. The van der Waals surface area contributed by atoms with Crippen molar-refractivity contribution in [2.24, 2.45) is 0 Å². The monoisotopic (exact) mass is 387 g/mol. The first-order valence-electron chi connectivity index (χ1n) is 6.85. The molecule has 2 aromatic rings. The van der Waals surface area contributed by atoms with Gasteiger partial charge in [-0.1, -0.05) is 41.4 Å². The third-order valence-electron chi connectivity index (χ3n) is 3.40. The molecule has 2 aromatic carbocycles. The van der Waals surface area contributed by atoms with Gasteiger partial charge in [0.05, 0.1) is 22.6 Å². The molecule has 8 heteroatoms. The molecule has 2 rings (SSSR count). The molecular weight excluding hydrogens is 373 g/mol. The number of sulfonamides is 1. The molecule has 0 saturated carbocycles. The number of rotatable bonds is 5. The Hall–Kier alpha value is -1.60. The van der Waals surface area contributed by atoms with Crippen LogP contribution in [0.25, 0.3) is 0 Å². The van der Waals surface area contributed by atoms with Crippen LogP contribution in [0.2, 0.25) is 10.0 Å². The Kier molecular flexibility index (Phi) is 5.87. The van der Waals surface area contributed by atoms with Gasteiger partial charge in [-0.2, -0.15) is 4.31 Å². The van der Waals surface area contributed by atoms with E-state index in [4.69, 9.17) is 23.2 Å². The minimum absolute atomic E-state index is 0.00798. The highest BCUT2D eigenvalue weighted by Crippen LogP contribution is 2.25. The topological polar surface area (TPSA) is 63.7 Å². The first-order chi connectivity index (χ1) is 11.3. The minimum atomic E-state index is -3.83. The van der Waals surface area contributed by atoms with Crippen molar-refractivity contribution in [3.63, 3.8) is 0 Å². The van der Waals surface area contributed by atoms with E-state index in [1.165, 1.54) is 32.4 Å². The zero-order valence-electron chi connectivity index (χ0n) is 13.0. The highest BCUT2D eigenvalue weighted by molar-refractivity contribution is 7.89. The predicted molar refractivity (Wildman–Crippen MR) is 92.9 cm³/mol. The van der Waals surface area contributed by atoms with Crippen molar-refractivity contribution >= 4 is 39.2 Å². The lowest BCUT2D eigenvalue weighted by molar-refractivity contribution is 0.0600. The minimum Gasteiger partial charge on any atom is -0.465 e. The van der Waals surface area contributed by atoms with E-state index >= 15 is 0 Å². The normalized spacial score (nSPS) is 11.5. The van der Waals surface area contributed by atoms with Gasteiger partial charge in [0.2, 0.25) is 10.0 Å². The Morgan fingerprint density at radius 3 is 2.42 bits per heavy atom. The van der Waals surface area contributed by atoms with E-state index in [-0.39, 0.29) is 22.0 Å². The van der Waals surface area contributed by atoms with Crippen molar-refractivity contribution < 1.29 is 17.9 Å². The Morgan fingerprint density at radius 1 is 1.12 bits per heavy atom. The fourth-order valence-corrected chi connectivity index (χ4v) is 3.63. The molecule has 0 aliphatic heterocycles. The molecule has 24 heavy (non-hydrogen) atoms. The van der Waals surface area contributed by atoms with Gasteiger partial charge in [-0.15, -0.1) is 0 Å². The van der Waals surface area contributed by atoms with E-state index in [1.807, 2.05) is 0 Å². The molecular formula is C16H15Cl2NO4S. The maximum absolute atomic E-state index is 12.7. The first-order valence-corrected chi connectivity index (χ1v) is 9.04. The molecule has 0 spiro atoms. The van der Waals surface area contributed by atoms with Crippen molar-refractivity contribution in [2.75, 3.05) is 14.2 Å². The van der Waals surface area contributed by atoms with Crippen molar-refractivity contribution in [3.05, 3.63) is 63.6 Å². The number of ether oxygens (including phenoxy) is 1. The summed E-state index contributed by atoms with van der Waals surface area (Å²) in [6.45, 7) is 0.0954. The second-order valence-electron chi connectivity index (χ2n) is 4.99. The summed E-state index contributed by atoms with van der Waals surface area (Å²) in [5.41, 5.74) is 0.666. The molecule has 5 nitrogen and oxygen atoms in total. The summed E-state index contributed by atoms with van der Waals surface area (Å²) < 4.78 is 31.2. The van der Waals surface area contributed by atoms with Crippen LogP contribution in [-0.2, 0) is 21.3 Å². The molecule has 0 amide bonds. The van der Waals surface area contributed by atoms with Gasteiger partial charge in [-0.05, 0) is 29.8 Å². The lowest BCUT2D eigenvalue weighted by Gasteiger charge is -2.18. The Morgan fingerprint density at radius 2 is 1.79 bits per heavy atom. The van der Waals surface area contributed by atoms with Crippen molar-refractivity contribution in [1.82, 2.24) is 4.31 Å². The van der Waals surface area contributed by atoms with E-state index < -0.39 is 16.0 Å². The second-order valence-corrected chi connectivity index (χ2v) is 7.85. The fraction of sp³-hybridized carbons (Fsp3) is 0.188. The number of carbonyl (C=O) groups excluding carboxylic acids is 1. The lowest BCUT2D eigenvalue weighted by Crippen LogP contribution is -2.27. The number of nitrogens with zero attached hydrogens (tertiary/aromatic N) is 1. The van der Waals surface area contributed by atoms with Gasteiger partial charge in [-0.3, -0.25) is 0 Å².